The van der Waals surface area contributed by atoms with Gasteiger partial charge in [-0.05, 0) is 25.0 Å². The van der Waals surface area contributed by atoms with Crippen molar-refractivity contribution in [2.75, 3.05) is 6.61 Å². The molecule has 1 aliphatic carbocycles. The van der Waals surface area contributed by atoms with E-state index in [2.05, 4.69) is 0 Å². The molecule has 1 N–H and O–H groups in total. The van der Waals surface area contributed by atoms with Gasteiger partial charge in [-0.25, -0.2) is 8.78 Å². The number of ether oxygens (including phenoxy) is 1. The third kappa shape index (κ3) is 2.93. The number of hydrogen-bond acceptors (Lipinski definition) is 2. The molecule has 1 fully saturated rings. The first kappa shape index (κ1) is 11.8. The summed E-state index contributed by atoms with van der Waals surface area (Å²) >= 11 is 0. The summed E-state index contributed by atoms with van der Waals surface area (Å²) in [6, 6.07) is 3.06. The van der Waals surface area contributed by atoms with Crippen molar-refractivity contribution in [1.82, 2.24) is 0 Å². The Morgan fingerprint density at radius 2 is 2.12 bits per heavy atom. The Morgan fingerprint density at radius 3 is 2.65 bits per heavy atom. The molecule has 0 saturated heterocycles. The van der Waals surface area contributed by atoms with E-state index in [4.69, 9.17) is 9.84 Å². The minimum Gasteiger partial charge on any atom is -0.490 e. The quantitative estimate of drug-likeness (QED) is 0.863. The SMILES string of the molecule is O=C(O)CC1(COc2ccc(F)cc2F)CC1. The van der Waals surface area contributed by atoms with Gasteiger partial charge in [0.25, 0.3) is 0 Å². The highest BCUT2D eigenvalue weighted by Gasteiger charge is 2.45. The summed E-state index contributed by atoms with van der Waals surface area (Å²) in [5, 5.41) is 8.70. The van der Waals surface area contributed by atoms with E-state index in [9.17, 15) is 13.6 Å². The minimum atomic E-state index is -0.884. The number of aliphatic carboxylic acids is 1. The van der Waals surface area contributed by atoms with E-state index in [-0.39, 0.29) is 24.2 Å². The predicted octanol–water partition coefficient (Wildman–Crippen LogP) is 2.60. The Hall–Kier alpha value is -1.65. The monoisotopic (exact) mass is 242 g/mol. The van der Waals surface area contributed by atoms with Crippen LogP contribution < -0.4 is 4.74 Å². The van der Waals surface area contributed by atoms with Gasteiger partial charge in [0, 0.05) is 11.5 Å². The maximum absolute atomic E-state index is 13.2. The van der Waals surface area contributed by atoms with Crippen LogP contribution in [0.5, 0.6) is 5.75 Å². The van der Waals surface area contributed by atoms with Crippen molar-refractivity contribution in [1.29, 1.82) is 0 Å². The van der Waals surface area contributed by atoms with Crippen LogP contribution in [-0.4, -0.2) is 17.7 Å². The van der Waals surface area contributed by atoms with Crippen LogP contribution in [0.1, 0.15) is 19.3 Å². The Labute approximate surface area is 97.0 Å². The zero-order valence-electron chi connectivity index (χ0n) is 9.08. The van der Waals surface area contributed by atoms with Crippen LogP contribution in [0.2, 0.25) is 0 Å². The summed E-state index contributed by atoms with van der Waals surface area (Å²) in [6.45, 7) is 0.155. The zero-order valence-corrected chi connectivity index (χ0v) is 9.08. The lowest BCUT2D eigenvalue weighted by Gasteiger charge is -2.14. The van der Waals surface area contributed by atoms with E-state index in [0.717, 1.165) is 25.0 Å². The van der Waals surface area contributed by atoms with Gasteiger partial charge >= 0.3 is 5.97 Å². The average Bonchev–Trinajstić information content (AvgIpc) is 2.96. The summed E-state index contributed by atoms with van der Waals surface area (Å²) < 4.78 is 31.1. The van der Waals surface area contributed by atoms with Gasteiger partial charge in [-0.3, -0.25) is 4.79 Å². The molecule has 0 radical (unpaired) electrons. The molecule has 1 aromatic rings. The van der Waals surface area contributed by atoms with Gasteiger partial charge < -0.3 is 9.84 Å². The largest absolute Gasteiger partial charge is 0.490 e. The minimum absolute atomic E-state index is 0.0236. The van der Waals surface area contributed by atoms with E-state index in [1.54, 1.807) is 0 Å². The lowest BCUT2D eigenvalue weighted by atomic mass is 10.0. The van der Waals surface area contributed by atoms with Crippen LogP contribution in [0.4, 0.5) is 8.78 Å². The number of benzene rings is 1. The standard InChI is InChI=1S/C12H12F2O3/c13-8-1-2-10(9(14)5-8)17-7-12(3-4-12)6-11(15)16/h1-2,5H,3-4,6-7H2,(H,15,16). The van der Waals surface area contributed by atoms with Crippen LogP contribution in [0.25, 0.3) is 0 Å². The smallest absolute Gasteiger partial charge is 0.304 e. The summed E-state index contributed by atoms with van der Waals surface area (Å²) in [4.78, 5) is 10.6. The Morgan fingerprint density at radius 1 is 1.41 bits per heavy atom. The van der Waals surface area contributed by atoms with Crippen molar-refractivity contribution in [3.05, 3.63) is 29.8 Å². The number of hydrogen-bond donors (Lipinski definition) is 1. The van der Waals surface area contributed by atoms with Crippen LogP contribution in [0.3, 0.4) is 0 Å². The van der Waals surface area contributed by atoms with Crippen molar-refractivity contribution in [3.8, 4) is 5.75 Å². The Balaban J connectivity index is 1.96. The molecule has 1 saturated carbocycles. The van der Waals surface area contributed by atoms with Crippen molar-refractivity contribution in [2.45, 2.75) is 19.3 Å². The van der Waals surface area contributed by atoms with Crippen LogP contribution in [0.15, 0.2) is 18.2 Å². The van der Waals surface area contributed by atoms with Gasteiger partial charge in [0.05, 0.1) is 13.0 Å². The fourth-order valence-corrected chi connectivity index (χ4v) is 1.69. The maximum Gasteiger partial charge on any atom is 0.304 e. The molecule has 5 heteroatoms. The number of carboxylic acids is 1. The molecule has 1 aliphatic rings. The molecule has 0 bridgehead atoms. The molecule has 3 nitrogen and oxygen atoms in total. The van der Waals surface area contributed by atoms with Crippen LogP contribution >= 0.6 is 0 Å². The average molecular weight is 242 g/mol. The summed E-state index contributed by atoms with van der Waals surface area (Å²) in [7, 11) is 0. The third-order valence-corrected chi connectivity index (χ3v) is 2.91. The molecule has 0 unspecified atom stereocenters. The van der Waals surface area contributed by atoms with Crippen molar-refractivity contribution < 1.29 is 23.4 Å². The van der Waals surface area contributed by atoms with Crippen molar-refractivity contribution >= 4 is 5.97 Å². The summed E-state index contributed by atoms with van der Waals surface area (Å²) in [5.74, 6) is -2.36. The number of rotatable bonds is 5. The van der Waals surface area contributed by atoms with Gasteiger partial charge in [-0.1, -0.05) is 0 Å². The highest BCUT2D eigenvalue weighted by Crippen LogP contribution is 2.49. The number of carbonyl (C=O) groups is 1. The molecular formula is C12H12F2O3. The lowest BCUT2D eigenvalue weighted by molar-refractivity contribution is -0.138. The number of halogens is 2. The molecule has 0 amide bonds. The van der Waals surface area contributed by atoms with E-state index in [0.29, 0.717) is 0 Å². The molecular weight excluding hydrogens is 230 g/mol. The van der Waals surface area contributed by atoms with Gasteiger partial charge in [-0.2, -0.15) is 0 Å². The van der Waals surface area contributed by atoms with E-state index in [1.807, 2.05) is 0 Å². The first-order valence-electron chi connectivity index (χ1n) is 5.30. The van der Waals surface area contributed by atoms with Crippen LogP contribution in [0, 0.1) is 17.0 Å². The molecule has 1 aromatic carbocycles. The molecule has 0 aromatic heterocycles. The highest BCUT2D eigenvalue weighted by atomic mass is 19.1. The molecule has 0 heterocycles. The molecule has 2 rings (SSSR count). The number of carboxylic acid groups (broad SMARTS) is 1. The predicted molar refractivity (Wildman–Crippen MR) is 55.8 cm³/mol. The van der Waals surface area contributed by atoms with Crippen molar-refractivity contribution in [3.63, 3.8) is 0 Å². The van der Waals surface area contributed by atoms with Gasteiger partial charge in [0.1, 0.15) is 5.82 Å². The first-order chi connectivity index (χ1) is 8.01. The maximum atomic E-state index is 13.2. The molecule has 17 heavy (non-hydrogen) atoms. The van der Waals surface area contributed by atoms with Crippen molar-refractivity contribution in [2.24, 2.45) is 5.41 Å². The topological polar surface area (TPSA) is 46.5 Å². The summed E-state index contributed by atoms with van der Waals surface area (Å²) in [6.07, 6.45) is 1.56. The second kappa shape index (κ2) is 4.31. The van der Waals surface area contributed by atoms with Gasteiger partial charge in [0.2, 0.25) is 0 Å². The van der Waals surface area contributed by atoms with Gasteiger partial charge in [-0.15, -0.1) is 0 Å². The third-order valence-electron chi connectivity index (χ3n) is 2.91. The Kier molecular flexibility index (Phi) is 3.00. The fraction of sp³-hybridized carbons (Fsp3) is 0.417. The summed E-state index contributed by atoms with van der Waals surface area (Å²) in [5.41, 5.74) is -0.368. The second-order valence-corrected chi connectivity index (χ2v) is 4.43. The second-order valence-electron chi connectivity index (χ2n) is 4.43. The van der Waals surface area contributed by atoms with E-state index >= 15 is 0 Å². The molecule has 0 atom stereocenters. The van der Waals surface area contributed by atoms with Crippen LogP contribution in [-0.2, 0) is 4.79 Å². The molecule has 0 spiro atoms. The van der Waals surface area contributed by atoms with E-state index < -0.39 is 17.6 Å². The lowest BCUT2D eigenvalue weighted by Crippen LogP contribution is -2.17. The zero-order chi connectivity index (χ0) is 12.5. The Bertz CT molecular complexity index is 441. The normalized spacial score (nSPS) is 16.6. The molecule has 0 aliphatic heterocycles. The van der Waals surface area contributed by atoms with Gasteiger partial charge in [0.15, 0.2) is 11.6 Å². The molecule has 92 valence electrons. The van der Waals surface area contributed by atoms with E-state index in [1.165, 1.54) is 6.07 Å². The first-order valence-corrected chi connectivity index (χ1v) is 5.30. The fourth-order valence-electron chi connectivity index (χ4n) is 1.69. The highest BCUT2D eigenvalue weighted by molar-refractivity contribution is 5.68.